The van der Waals surface area contributed by atoms with Crippen LogP contribution in [0.5, 0.6) is 0 Å². The van der Waals surface area contributed by atoms with Crippen LogP contribution in [0.1, 0.15) is 42.0 Å². The van der Waals surface area contributed by atoms with Crippen LogP contribution in [0.2, 0.25) is 0 Å². The molecule has 28 heavy (non-hydrogen) atoms. The average molecular weight is 381 g/mol. The number of aromatic nitrogens is 4. The van der Waals surface area contributed by atoms with Crippen LogP contribution in [0.3, 0.4) is 0 Å². The molecule has 0 radical (unpaired) electrons. The third kappa shape index (κ3) is 3.83. The van der Waals surface area contributed by atoms with Crippen LogP contribution in [0.25, 0.3) is 11.3 Å². The van der Waals surface area contributed by atoms with Gasteiger partial charge in [0.05, 0.1) is 5.69 Å². The van der Waals surface area contributed by atoms with E-state index >= 15 is 0 Å². The van der Waals surface area contributed by atoms with E-state index in [9.17, 15) is 9.18 Å². The maximum Gasteiger partial charge on any atom is 0.272 e. The van der Waals surface area contributed by atoms with Gasteiger partial charge in [0.25, 0.3) is 5.91 Å². The van der Waals surface area contributed by atoms with Gasteiger partial charge < -0.3 is 9.47 Å². The van der Waals surface area contributed by atoms with E-state index in [0.717, 1.165) is 50.2 Å². The number of halogens is 1. The number of benzene rings is 1. The van der Waals surface area contributed by atoms with Crippen LogP contribution in [0.4, 0.5) is 4.39 Å². The first-order valence-corrected chi connectivity index (χ1v) is 9.72. The summed E-state index contributed by atoms with van der Waals surface area (Å²) in [4.78, 5) is 19.3. The van der Waals surface area contributed by atoms with Gasteiger partial charge in [0, 0.05) is 37.1 Å². The minimum Gasteiger partial charge on any atom is -0.335 e. The molecule has 6 nitrogen and oxygen atoms in total. The van der Waals surface area contributed by atoms with E-state index in [1.165, 1.54) is 12.1 Å². The van der Waals surface area contributed by atoms with Crippen LogP contribution in [-0.2, 0) is 6.54 Å². The van der Waals surface area contributed by atoms with Crippen molar-refractivity contribution in [3.8, 4) is 11.3 Å². The highest BCUT2D eigenvalue weighted by Gasteiger charge is 2.28. The summed E-state index contributed by atoms with van der Waals surface area (Å²) in [5.74, 6) is 0.680. The number of rotatable bonds is 5. The van der Waals surface area contributed by atoms with E-state index in [-0.39, 0.29) is 17.8 Å². The van der Waals surface area contributed by atoms with Crippen LogP contribution in [0, 0.1) is 12.7 Å². The number of H-pyrrole nitrogens is 1. The first-order valence-electron chi connectivity index (χ1n) is 9.72. The average Bonchev–Trinajstić information content (AvgIpc) is 3.36. The molecular weight excluding hydrogens is 357 g/mol. The summed E-state index contributed by atoms with van der Waals surface area (Å²) in [5.41, 5.74) is 1.90. The van der Waals surface area contributed by atoms with Crippen molar-refractivity contribution >= 4 is 5.91 Å². The van der Waals surface area contributed by atoms with E-state index in [4.69, 9.17) is 0 Å². The van der Waals surface area contributed by atoms with E-state index in [1.807, 2.05) is 18.0 Å². The van der Waals surface area contributed by atoms with Crippen molar-refractivity contribution in [1.82, 2.24) is 24.6 Å². The highest BCUT2D eigenvalue weighted by atomic mass is 19.1. The van der Waals surface area contributed by atoms with Crippen molar-refractivity contribution in [3.05, 3.63) is 60.1 Å². The Kier molecular flexibility index (Phi) is 5.23. The molecule has 0 saturated carbocycles. The Hall–Kier alpha value is -2.96. The number of amides is 1. The molecule has 2 aromatic heterocycles. The monoisotopic (exact) mass is 381 g/mol. The van der Waals surface area contributed by atoms with Gasteiger partial charge in [0.2, 0.25) is 0 Å². The standard InChI is InChI=1S/C21H24FN5O/c1-15-23-10-13-26(15)12-9-18-4-2-3-11-27(18)21(28)20-14-19(24-25-20)16-5-7-17(22)8-6-16/h5-8,10,13-14,18H,2-4,9,11-12H2,1H3,(H,24,25)/t18-/m0/s1. The predicted molar refractivity (Wildman–Crippen MR) is 104 cm³/mol. The molecular formula is C21H24FN5O. The van der Waals surface area contributed by atoms with Crippen molar-refractivity contribution in [1.29, 1.82) is 0 Å². The van der Waals surface area contributed by atoms with Crippen molar-refractivity contribution in [3.63, 3.8) is 0 Å². The van der Waals surface area contributed by atoms with Crippen LogP contribution in [0.15, 0.2) is 42.7 Å². The molecule has 0 spiro atoms. The molecule has 3 heterocycles. The molecule has 3 aromatic rings. The van der Waals surface area contributed by atoms with Crippen LogP contribution in [-0.4, -0.2) is 43.1 Å². The third-order valence-electron chi connectivity index (χ3n) is 5.46. The summed E-state index contributed by atoms with van der Waals surface area (Å²) in [6, 6.07) is 8.07. The van der Waals surface area contributed by atoms with Gasteiger partial charge in [-0.1, -0.05) is 0 Å². The number of piperidine rings is 1. The number of likely N-dealkylation sites (tertiary alicyclic amines) is 1. The predicted octanol–water partition coefficient (Wildman–Crippen LogP) is 3.81. The second kappa shape index (κ2) is 7.96. The second-order valence-electron chi connectivity index (χ2n) is 7.28. The molecule has 146 valence electrons. The number of hydrogen-bond donors (Lipinski definition) is 1. The lowest BCUT2D eigenvalue weighted by atomic mass is 9.98. The fourth-order valence-corrected chi connectivity index (χ4v) is 3.85. The van der Waals surface area contributed by atoms with Gasteiger partial charge in [-0.25, -0.2) is 9.37 Å². The number of nitrogens with zero attached hydrogens (tertiary/aromatic N) is 4. The maximum atomic E-state index is 13.1. The minimum atomic E-state index is -0.292. The van der Waals surface area contributed by atoms with Crippen molar-refractivity contribution in [2.45, 2.75) is 45.2 Å². The number of carbonyl (C=O) groups excluding carboxylic acids is 1. The number of aromatic amines is 1. The Morgan fingerprint density at radius 2 is 2.11 bits per heavy atom. The normalized spacial score (nSPS) is 17.1. The Morgan fingerprint density at radius 1 is 1.29 bits per heavy atom. The summed E-state index contributed by atoms with van der Waals surface area (Å²) in [6.07, 6.45) is 7.86. The van der Waals surface area contributed by atoms with Crippen molar-refractivity contribution in [2.24, 2.45) is 0 Å². The first kappa shape index (κ1) is 18.4. The first-order chi connectivity index (χ1) is 13.6. The van der Waals surface area contributed by atoms with Crippen molar-refractivity contribution in [2.75, 3.05) is 6.54 Å². The number of hydrogen-bond acceptors (Lipinski definition) is 3. The molecule has 1 aromatic carbocycles. The number of nitrogens with one attached hydrogen (secondary N) is 1. The Balaban J connectivity index is 1.47. The van der Waals surface area contributed by atoms with Gasteiger partial charge in [0.15, 0.2) is 0 Å². The molecule has 4 rings (SSSR count). The molecule has 0 bridgehead atoms. The molecule has 0 aliphatic carbocycles. The summed E-state index contributed by atoms with van der Waals surface area (Å²) in [5, 5.41) is 7.11. The van der Waals surface area contributed by atoms with E-state index < -0.39 is 0 Å². The number of carbonyl (C=O) groups is 1. The second-order valence-corrected chi connectivity index (χ2v) is 7.28. The Morgan fingerprint density at radius 3 is 2.86 bits per heavy atom. The molecule has 0 unspecified atom stereocenters. The number of imidazole rings is 1. The largest absolute Gasteiger partial charge is 0.335 e. The zero-order chi connectivity index (χ0) is 19.5. The molecule has 1 saturated heterocycles. The third-order valence-corrected chi connectivity index (χ3v) is 5.46. The van der Waals surface area contributed by atoms with E-state index in [0.29, 0.717) is 11.4 Å². The lowest BCUT2D eigenvalue weighted by Gasteiger charge is -2.35. The minimum absolute atomic E-state index is 0.0204. The molecule has 1 aliphatic heterocycles. The zero-order valence-corrected chi connectivity index (χ0v) is 15.9. The van der Waals surface area contributed by atoms with Gasteiger partial charge in [-0.3, -0.25) is 9.89 Å². The lowest BCUT2D eigenvalue weighted by molar-refractivity contribution is 0.0589. The smallest absolute Gasteiger partial charge is 0.272 e. The molecule has 1 amide bonds. The molecule has 1 N–H and O–H groups in total. The highest BCUT2D eigenvalue weighted by molar-refractivity contribution is 5.93. The molecule has 1 aliphatic rings. The van der Waals surface area contributed by atoms with Crippen LogP contribution < -0.4 is 0 Å². The Labute approximate surface area is 163 Å². The quantitative estimate of drug-likeness (QED) is 0.731. The highest BCUT2D eigenvalue weighted by Crippen LogP contribution is 2.24. The fourth-order valence-electron chi connectivity index (χ4n) is 3.85. The van der Waals surface area contributed by atoms with Gasteiger partial charge in [0.1, 0.15) is 17.3 Å². The SMILES string of the molecule is Cc1nccn1CC[C@@H]1CCCCN1C(=O)c1cc(-c2ccc(F)cc2)n[nH]1. The lowest BCUT2D eigenvalue weighted by Crippen LogP contribution is -2.44. The van der Waals surface area contributed by atoms with Crippen molar-refractivity contribution < 1.29 is 9.18 Å². The van der Waals surface area contributed by atoms with Gasteiger partial charge in [-0.05, 0) is 62.9 Å². The zero-order valence-electron chi connectivity index (χ0n) is 15.9. The molecule has 1 fully saturated rings. The summed E-state index contributed by atoms with van der Waals surface area (Å²) >= 11 is 0. The van der Waals surface area contributed by atoms with E-state index in [1.54, 1.807) is 24.4 Å². The van der Waals surface area contributed by atoms with Gasteiger partial charge >= 0.3 is 0 Å². The van der Waals surface area contributed by atoms with Gasteiger partial charge in [-0.15, -0.1) is 0 Å². The van der Waals surface area contributed by atoms with Crippen LogP contribution >= 0.6 is 0 Å². The Bertz CT molecular complexity index is 946. The topological polar surface area (TPSA) is 66.8 Å². The molecule has 7 heteroatoms. The molecule has 1 atom stereocenters. The fraction of sp³-hybridized carbons (Fsp3) is 0.381. The summed E-state index contributed by atoms with van der Waals surface area (Å²) in [7, 11) is 0. The van der Waals surface area contributed by atoms with Gasteiger partial charge in [-0.2, -0.15) is 5.10 Å². The summed E-state index contributed by atoms with van der Waals surface area (Å²) in [6.45, 7) is 3.60. The van der Waals surface area contributed by atoms with E-state index in [2.05, 4.69) is 19.7 Å². The summed E-state index contributed by atoms with van der Waals surface area (Å²) < 4.78 is 15.3. The number of aryl methyl sites for hydroxylation is 2. The maximum absolute atomic E-state index is 13.1.